The zero-order valence-electron chi connectivity index (χ0n) is 12.2. The molecule has 1 fully saturated rings. The number of carbonyl (C=O) groups is 1. The van der Waals surface area contributed by atoms with Gasteiger partial charge in [0.05, 0.1) is 12.4 Å². The molecule has 9 heteroatoms. The Morgan fingerprint density at radius 3 is 2.77 bits per heavy atom. The highest BCUT2D eigenvalue weighted by Gasteiger charge is 2.43. The predicted octanol–water partition coefficient (Wildman–Crippen LogP) is 2.62. The summed E-state index contributed by atoms with van der Waals surface area (Å²) >= 11 is 11.9. The highest BCUT2D eigenvalue weighted by Crippen LogP contribution is 2.37. The van der Waals surface area contributed by atoms with E-state index in [1.54, 1.807) is 4.57 Å². The lowest BCUT2D eigenvalue weighted by molar-refractivity contribution is -0.153. The van der Waals surface area contributed by atoms with Crippen molar-refractivity contribution in [1.82, 2.24) is 19.5 Å². The number of carbonyl (C=O) groups excluding carboxylic acids is 1. The van der Waals surface area contributed by atoms with Crippen molar-refractivity contribution in [2.45, 2.75) is 39.2 Å². The molecule has 0 aromatic carbocycles. The first-order valence-corrected chi connectivity index (χ1v) is 7.52. The molecule has 3 rings (SSSR count). The summed E-state index contributed by atoms with van der Waals surface area (Å²) in [6, 6.07) is 0. The number of fused-ring (bicyclic) bond motifs is 1. The molecule has 1 saturated heterocycles. The van der Waals surface area contributed by atoms with Crippen LogP contribution in [-0.2, 0) is 14.3 Å². The molecule has 2 aromatic heterocycles. The molecule has 4 atom stereocenters. The van der Waals surface area contributed by atoms with E-state index in [-0.39, 0.29) is 28.4 Å². The molecule has 1 unspecified atom stereocenters. The minimum Gasteiger partial charge on any atom is -0.457 e. The summed E-state index contributed by atoms with van der Waals surface area (Å²) in [7, 11) is 0. The van der Waals surface area contributed by atoms with Crippen molar-refractivity contribution < 1.29 is 14.3 Å². The lowest BCUT2D eigenvalue weighted by atomic mass is 10.0. The number of aromatic nitrogens is 4. The van der Waals surface area contributed by atoms with Crippen molar-refractivity contribution in [3.05, 3.63) is 16.8 Å². The summed E-state index contributed by atoms with van der Waals surface area (Å²) in [6.45, 7) is 5.26. The van der Waals surface area contributed by atoms with E-state index in [4.69, 9.17) is 32.7 Å². The zero-order valence-corrected chi connectivity index (χ0v) is 13.7. The number of rotatable bonds is 2. The third kappa shape index (κ3) is 2.53. The van der Waals surface area contributed by atoms with Gasteiger partial charge >= 0.3 is 5.97 Å². The smallest absolute Gasteiger partial charge is 0.303 e. The van der Waals surface area contributed by atoms with Crippen LogP contribution in [0.5, 0.6) is 0 Å². The number of hydrogen-bond acceptors (Lipinski definition) is 6. The lowest BCUT2D eigenvalue weighted by Crippen LogP contribution is -2.29. The molecule has 0 amide bonds. The molecule has 22 heavy (non-hydrogen) atoms. The summed E-state index contributed by atoms with van der Waals surface area (Å²) in [5, 5.41) is 0.180. The second-order valence-corrected chi connectivity index (χ2v) is 5.97. The first kappa shape index (κ1) is 15.5. The third-order valence-corrected chi connectivity index (χ3v) is 4.25. The highest BCUT2D eigenvalue weighted by molar-refractivity contribution is 6.35. The first-order chi connectivity index (χ1) is 10.4. The molecule has 2 aromatic rings. The molecule has 1 aliphatic rings. The van der Waals surface area contributed by atoms with Gasteiger partial charge in [0.1, 0.15) is 5.52 Å². The number of halogens is 2. The molecule has 118 valence electrons. The number of nitrogens with zero attached hydrogens (tertiary/aromatic N) is 4. The van der Waals surface area contributed by atoms with Crippen LogP contribution in [0.3, 0.4) is 0 Å². The van der Waals surface area contributed by atoms with Gasteiger partial charge in [-0.3, -0.25) is 9.36 Å². The van der Waals surface area contributed by atoms with Gasteiger partial charge in [0.2, 0.25) is 5.28 Å². The Hall–Kier alpha value is -1.44. The van der Waals surface area contributed by atoms with Crippen molar-refractivity contribution in [3.63, 3.8) is 0 Å². The van der Waals surface area contributed by atoms with Crippen LogP contribution in [0.4, 0.5) is 0 Å². The fraction of sp³-hybridized carbons (Fsp3) is 0.538. The molecule has 0 saturated carbocycles. The Morgan fingerprint density at radius 1 is 1.36 bits per heavy atom. The minimum absolute atomic E-state index is 0.0161. The maximum Gasteiger partial charge on any atom is 0.303 e. The number of imidazole rings is 1. The fourth-order valence-electron chi connectivity index (χ4n) is 2.57. The molecule has 0 spiro atoms. The van der Waals surface area contributed by atoms with Crippen LogP contribution in [0.25, 0.3) is 11.2 Å². The molecular weight excluding hydrogens is 331 g/mol. The molecule has 7 nitrogen and oxygen atoms in total. The predicted molar refractivity (Wildman–Crippen MR) is 79.6 cm³/mol. The first-order valence-electron chi connectivity index (χ1n) is 6.76. The lowest BCUT2D eigenvalue weighted by Gasteiger charge is -2.21. The Kier molecular flexibility index (Phi) is 3.96. The van der Waals surface area contributed by atoms with Crippen LogP contribution in [0.1, 0.15) is 27.0 Å². The SMILES string of the molecule is CC(=O)O[C@H]1C(n2cnc3c(Cl)nc(Cl)nc32)O[C@H](C)[C@H]1C. The van der Waals surface area contributed by atoms with Gasteiger partial charge in [-0.2, -0.15) is 4.98 Å². The summed E-state index contributed by atoms with van der Waals surface area (Å²) in [4.78, 5) is 23.6. The maximum absolute atomic E-state index is 11.4. The quantitative estimate of drug-likeness (QED) is 0.473. The van der Waals surface area contributed by atoms with Crippen LogP contribution < -0.4 is 0 Å². The van der Waals surface area contributed by atoms with E-state index in [1.165, 1.54) is 13.3 Å². The Labute approximate surface area is 136 Å². The monoisotopic (exact) mass is 344 g/mol. The molecular formula is C13H14Cl2N4O3. The van der Waals surface area contributed by atoms with E-state index in [1.807, 2.05) is 13.8 Å². The zero-order chi connectivity index (χ0) is 16.0. The minimum atomic E-state index is -0.541. The molecule has 0 radical (unpaired) electrons. The number of esters is 1. The average molecular weight is 345 g/mol. The van der Waals surface area contributed by atoms with Crippen LogP contribution in [0.15, 0.2) is 6.33 Å². The fourth-order valence-corrected chi connectivity index (χ4v) is 2.99. The van der Waals surface area contributed by atoms with E-state index in [9.17, 15) is 4.79 Å². The molecule has 3 heterocycles. The van der Waals surface area contributed by atoms with E-state index in [0.29, 0.717) is 11.2 Å². The second kappa shape index (κ2) is 5.64. The Bertz CT molecular complexity index is 735. The van der Waals surface area contributed by atoms with Gasteiger partial charge < -0.3 is 9.47 Å². The van der Waals surface area contributed by atoms with Crippen molar-refractivity contribution in [2.24, 2.45) is 5.92 Å². The second-order valence-electron chi connectivity index (χ2n) is 5.27. The van der Waals surface area contributed by atoms with Crippen LogP contribution in [0, 0.1) is 5.92 Å². The van der Waals surface area contributed by atoms with Crippen molar-refractivity contribution >= 4 is 40.3 Å². The standard InChI is InChI=1S/C13H14Cl2N4O3/c1-5-6(2)21-12(9(5)22-7(3)20)19-4-16-8-10(14)17-13(15)18-11(8)19/h4-6,9,12H,1-3H3/t5-,6-,9-,12?/m1/s1. The van der Waals surface area contributed by atoms with Crippen LogP contribution in [-0.4, -0.2) is 37.7 Å². The number of ether oxygens (including phenoxy) is 2. The number of hydrogen-bond donors (Lipinski definition) is 0. The molecule has 0 aliphatic carbocycles. The van der Waals surface area contributed by atoms with Crippen LogP contribution in [0.2, 0.25) is 10.4 Å². The summed E-state index contributed by atoms with van der Waals surface area (Å²) in [5.74, 6) is -0.339. The summed E-state index contributed by atoms with van der Waals surface area (Å²) < 4.78 is 13.0. The van der Waals surface area contributed by atoms with Crippen molar-refractivity contribution in [2.75, 3.05) is 0 Å². The largest absolute Gasteiger partial charge is 0.457 e. The molecule has 0 N–H and O–H groups in total. The average Bonchev–Trinajstić information content (AvgIpc) is 2.95. The van der Waals surface area contributed by atoms with Gasteiger partial charge in [-0.1, -0.05) is 18.5 Å². The summed E-state index contributed by atoms with van der Waals surface area (Å²) in [6.07, 6.45) is 0.464. The third-order valence-electron chi connectivity index (χ3n) is 3.82. The van der Waals surface area contributed by atoms with E-state index in [2.05, 4.69) is 15.0 Å². The van der Waals surface area contributed by atoms with E-state index in [0.717, 1.165) is 0 Å². The van der Waals surface area contributed by atoms with Gasteiger partial charge in [-0.25, -0.2) is 9.97 Å². The van der Waals surface area contributed by atoms with Crippen LogP contribution >= 0.6 is 23.2 Å². The van der Waals surface area contributed by atoms with Crippen molar-refractivity contribution in [3.8, 4) is 0 Å². The van der Waals surface area contributed by atoms with Gasteiger partial charge in [0.15, 0.2) is 23.1 Å². The Balaban J connectivity index is 2.07. The van der Waals surface area contributed by atoms with E-state index < -0.39 is 12.3 Å². The normalized spacial score (nSPS) is 28.2. The van der Waals surface area contributed by atoms with Gasteiger partial charge in [0.25, 0.3) is 0 Å². The topological polar surface area (TPSA) is 79.1 Å². The van der Waals surface area contributed by atoms with Gasteiger partial charge in [0, 0.05) is 12.8 Å². The van der Waals surface area contributed by atoms with Crippen molar-refractivity contribution in [1.29, 1.82) is 0 Å². The molecule has 0 bridgehead atoms. The van der Waals surface area contributed by atoms with Gasteiger partial charge in [-0.05, 0) is 18.5 Å². The summed E-state index contributed by atoms with van der Waals surface area (Å²) in [5.41, 5.74) is 0.858. The highest BCUT2D eigenvalue weighted by atomic mass is 35.5. The van der Waals surface area contributed by atoms with E-state index >= 15 is 0 Å². The van der Waals surface area contributed by atoms with Gasteiger partial charge in [-0.15, -0.1) is 0 Å². The maximum atomic E-state index is 11.4. The molecule has 1 aliphatic heterocycles. The Morgan fingerprint density at radius 2 is 2.09 bits per heavy atom.